The molecule has 1 aliphatic carbocycles. The van der Waals surface area contributed by atoms with Crippen molar-refractivity contribution in [3.63, 3.8) is 0 Å². The van der Waals surface area contributed by atoms with Gasteiger partial charge in [0.2, 0.25) is 0 Å². The number of nitrogen functional groups attached to an aromatic ring is 1. The van der Waals surface area contributed by atoms with Gasteiger partial charge in [-0.15, -0.1) is 0 Å². The van der Waals surface area contributed by atoms with E-state index in [0.717, 1.165) is 11.4 Å². The molecule has 0 spiro atoms. The molecule has 11 aromatic rings. The molecule has 0 saturated carbocycles. The summed E-state index contributed by atoms with van der Waals surface area (Å²) < 4.78 is 2.47. The number of aromatic nitrogens is 1. The van der Waals surface area contributed by atoms with Gasteiger partial charge in [0, 0.05) is 23.5 Å². The van der Waals surface area contributed by atoms with Gasteiger partial charge in [0.05, 0.1) is 22.4 Å². The number of anilines is 2. The summed E-state index contributed by atoms with van der Waals surface area (Å²) >= 11 is 0. The fraction of sp³-hybridized carbons (Fsp3) is 0.0345. The normalized spacial score (nSPS) is 11.2. The second-order valence-electron chi connectivity index (χ2n) is 15.5. The van der Waals surface area contributed by atoms with Crippen LogP contribution in [0.4, 0.5) is 11.4 Å². The van der Waals surface area contributed by atoms with Crippen LogP contribution in [-0.2, 0) is 0 Å². The predicted molar refractivity (Wildman–Crippen MR) is 263 cm³/mol. The van der Waals surface area contributed by atoms with Gasteiger partial charge in [-0.3, -0.25) is 0 Å². The number of benzene rings is 10. The van der Waals surface area contributed by atoms with Crippen molar-refractivity contribution in [2.75, 3.05) is 18.1 Å². The summed E-state index contributed by atoms with van der Waals surface area (Å²) in [6, 6.07) is 77.8. The summed E-state index contributed by atoms with van der Waals surface area (Å²) in [5.74, 6) is 0. The molecule has 0 radical (unpaired) electrons. The zero-order valence-electron chi connectivity index (χ0n) is 34.3. The van der Waals surface area contributed by atoms with E-state index in [1.807, 2.05) is 67.7 Å². The number of rotatable bonds is 4. The Kier molecular flexibility index (Phi) is 9.84. The van der Waals surface area contributed by atoms with Gasteiger partial charge in [0.1, 0.15) is 0 Å². The second kappa shape index (κ2) is 16.1. The molecule has 0 amide bonds. The van der Waals surface area contributed by atoms with E-state index in [1.165, 1.54) is 99.1 Å². The van der Waals surface area contributed by atoms with E-state index >= 15 is 0 Å². The fourth-order valence-corrected chi connectivity index (χ4v) is 9.29. The smallest absolute Gasteiger partial charge is 0.0571 e. The Bertz CT molecular complexity index is 3320. The van der Waals surface area contributed by atoms with Crippen molar-refractivity contribution in [2.24, 2.45) is 0 Å². The zero-order valence-corrected chi connectivity index (χ0v) is 34.3. The number of aryl methyl sites for hydroxylation is 1. The summed E-state index contributed by atoms with van der Waals surface area (Å²) in [5.41, 5.74) is 22.7. The van der Waals surface area contributed by atoms with E-state index in [2.05, 4.69) is 175 Å². The molecule has 3 N–H and O–H groups in total. The lowest BCUT2D eigenvalue weighted by Crippen LogP contribution is -1.95. The molecule has 3 heteroatoms. The van der Waals surface area contributed by atoms with Crippen LogP contribution in [0.3, 0.4) is 0 Å². The maximum Gasteiger partial charge on any atom is 0.0571 e. The molecule has 1 aliphatic rings. The Morgan fingerprint density at radius 3 is 1.49 bits per heavy atom. The first kappa shape index (κ1) is 37.4. The molecule has 1 heterocycles. The van der Waals surface area contributed by atoms with Crippen LogP contribution in [0, 0.1) is 6.92 Å². The molecule has 1 aromatic heterocycles. The minimum absolute atomic E-state index is 0.792. The van der Waals surface area contributed by atoms with Crippen LogP contribution in [0.2, 0.25) is 0 Å². The first-order valence-electron chi connectivity index (χ1n) is 20.9. The number of hydrogen-bond acceptors (Lipinski definition) is 2. The van der Waals surface area contributed by atoms with Crippen molar-refractivity contribution < 1.29 is 0 Å². The van der Waals surface area contributed by atoms with Gasteiger partial charge in [0.25, 0.3) is 0 Å². The molecule has 3 nitrogen and oxygen atoms in total. The van der Waals surface area contributed by atoms with Gasteiger partial charge in [-0.1, -0.05) is 182 Å². The number of fused-ring (bicyclic) bond motifs is 8. The Balaban J connectivity index is 0.000000251. The Hall–Kier alpha value is -7.88. The number of para-hydroxylation sites is 3. The van der Waals surface area contributed by atoms with Gasteiger partial charge < -0.3 is 15.6 Å². The summed E-state index contributed by atoms with van der Waals surface area (Å²) in [5, 5.41) is 10.8. The van der Waals surface area contributed by atoms with Crippen molar-refractivity contribution >= 4 is 54.7 Å². The Morgan fingerprint density at radius 1 is 0.393 bits per heavy atom. The van der Waals surface area contributed by atoms with E-state index in [9.17, 15) is 0 Å². The number of nitrogens with zero attached hydrogens (tertiary/aromatic N) is 1. The summed E-state index contributed by atoms with van der Waals surface area (Å²) in [6.45, 7) is 2.18. The third kappa shape index (κ3) is 6.57. The van der Waals surface area contributed by atoms with Crippen molar-refractivity contribution in [1.82, 2.24) is 4.57 Å². The van der Waals surface area contributed by atoms with E-state index in [4.69, 9.17) is 5.73 Å². The highest BCUT2D eigenvalue weighted by atomic mass is 15.0. The van der Waals surface area contributed by atoms with Crippen LogP contribution >= 0.6 is 0 Å². The number of nitrogens with one attached hydrogen (secondary N) is 1. The predicted octanol–water partition coefficient (Wildman–Crippen LogP) is 15.4. The molecule has 61 heavy (non-hydrogen) atoms. The molecule has 12 rings (SSSR count). The zero-order chi connectivity index (χ0) is 41.3. The van der Waals surface area contributed by atoms with Gasteiger partial charge in [-0.2, -0.15) is 0 Å². The Labute approximate surface area is 357 Å². The van der Waals surface area contributed by atoms with Crippen LogP contribution in [0.1, 0.15) is 5.56 Å². The third-order valence-electron chi connectivity index (χ3n) is 11.8. The molecule has 10 aromatic carbocycles. The van der Waals surface area contributed by atoms with Crippen molar-refractivity contribution in [2.45, 2.75) is 6.92 Å². The molecular formula is C58H45N3. The van der Waals surface area contributed by atoms with Crippen LogP contribution in [0.15, 0.2) is 218 Å². The average Bonchev–Trinajstić information content (AvgIpc) is 3.83. The lowest BCUT2D eigenvalue weighted by molar-refractivity contribution is 1.17. The van der Waals surface area contributed by atoms with Crippen molar-refractivity contribution in [1.29, 1.82) is 0 Å². The standard InChI is InChI=1S/C45H29N.C7H10N2.C6H6/c1-28-14-12-19-31(26-28)46-38-25-11-10-22-34(38)43-35-23-13-24-36-42(35)37(27-39(43)46)45-41(30-17-6-3-7-18-30)33-21-9-8-20-32(33)40(44(36)45)29-15-4-2-5-16-29;1-9-7-5-3-2-4-6(7)8;1-2-4-6-5-3-1/h2-27H,1H3;2-5,9H,8H2,1H3;1-6H. The van der Waals surface area contributed by atoms with E-state index in [-0.39, 0.29) is 0 Å². The van der Waals surface area contributed by atoms with E-state index < -0.39 is 0 Å². The lowest BCUT2D eigenvalue weighted by atomic mass is 9.82. The molecule has 0 bridgehead atoms. The quantitative estimate of drug-likeness (QED) is 0.175. The topological polar surface area (TPSA) is 43.0 Å². The molecule has 0 fully saturated rings. The maximum absolute atomic E-state index is 5.57. The highest BCUT2D eigenvalue weighted by Crippen LogP contribution is 2.59. The van der Waals surface area contributed by atoms with Gasteiger partial charge in [-0.05, 0) is 115 Å². The van der Waals surface area contributed by atoms with Crippen molar-refractivity contribution in [3.8, 4) is 50.2 Å². The van der Waals surface area contributed by atoms with E-state index in [1.54, 1.807) is 0 Å². The van der Waals surface area contributed by atoms with Gasteiger partial charge in [0.15, 0.2) is 0 Å². The van der Waals surface area contributed by atoms with E-state index in [0.29, 0.717) is 0 Å². The monoisotopic (exact) mass is 783 g/mol. The molecule has 0 saturated heterocycles. The van der Waals surface area contributed by atoms with Crippen molar-refractivity contribution in [3.05, 3.63) is 224 Å². The molecule has 0 unspecified atom stereocenters. The first-order chi connectivity index (χ1) is 30.1. The SMILES string of the molecule is CNc1ccccc1N.Cc1cccc(-n2c3ccccc3c3c4cccc5c4c(cc32)-c2c-5c(-c3ccccc3)c3ccccc3c2-c2ccccc2)c1.c1ccccc1. The summed E-state index contributed by atoms with van der Waals surface area (Å²) in [7, 11) is 1.85. The van der Waals surface area contributed by atoms with Crippen LogP contribution < -0.4 is 11.1 Å². The highest BCUT2D eigenvalue weighted by Gasteiger charge is 2.32. The largest absolute Gasteiger partial charge is 0.397 e. The molecular weight excluding hydrogens is 739 g/mol. The Morgan fingerprint density at radius 2 is 0.902 bits per heavy atom. The third-order valence-corrected chi connectivity index (χ3v) is 11.8. The number of nitrogens with two attached hydrogens (primary N) is 1. The minimum Gasteiger partial charge on any atom is -0.397 e. The highest BCUT2D eigenvalue weighted by molar-refractivity contribution is 6.33. The maximum atomic E-state index is 5.57. The second-order valence-corrected chi connectivity index (χ2v) is 15.5. The first-order valence-corrected chi connectivity index (χ1v) is 20.9. The molecule has 0 atom stereocenters. The minimum atomic E-state index is 0.792. The van der Waals surface area contributed by atoms with Crippen LogP contribution in [0.5, 0.6) is 0 Å². The van der Waals surface area contributed by atoms with Gasteiger partial charge >= 0.3 is 0 Å². The van der Waals surface area contributed by atoms with Crippen LogP contribution in [-0.4, -0.2) is 11.6 Å². The summed E-state index contributed by atoms with van der Waals surface area (Å²) in [4.78, 5) is 0. The molecule has 292 valence electrons. The molecule has 0 aliphatic heterocycles. The lowest BCUT2D eigenvalue weighted by Gasteiger charge is -2.20. The number of hydrogen-bond donors (Lipinski definition) is 2. The fourth-order valence-electron chi connectivity index (χ4n) is 9.29. The van der Waals surface area contributed by atoms with Gasteiger partial charge in [-0.25, -0.2) is 0 Å². The van der Waals surface area contributed by atoms with Crippen LogP contribution in [0.25, 0.3) is 93.5 Å². The average molecular weight is 784 g/mol. The summed E-state index contributed by atoms with van der Waals surface area (Å²) in [6.07, 6.45) is 0.